The summed E-state index contributed by atoms with van der Waals surface area (Å²) in [7, 11) is 0. The van der Waals surface area contributed by atoms with Gasteiger partial charge in [0.15, 0.2) is 30.3 Å². The number of aliphatic hydroxyl groups is 2. The molecule has 6 rings (SSSR count). The quantitative estimate of drug-likeness (QED) is 0.190. The molecule has 2 fully saturated rings. The molecular weight excluding hydrogens is 510 g/mol. The fourth-order valence-electron chi connectivity index (χ4n) is 5.34. The molecule has 3 aliphatic rings. The molecule has 3 aliphatic heterocycles. The van der Waals surface area contributed by atoms with E-state index in [2.05, 4.69) is 25.6 Å². The third-order valence-corrected chi connectivity index (χ3v) is 7.46. The van der Waals surface area contributed by atoms with Gasteiger partial charge in [-0.25, -0.2) is 15.0 Å². The Labute approximate surface area is 221 Å². The molecule has 0 spiro atoms. The molecule has 204 valence electrons. The van der Waals surface area contributed by atoms with Crippen LogP contribution in [0.25, 0.3) is 11.2 Å². The van der Waals surface area contributed by atoms with Gasteiger partial charge in [0, 0.05) is 23.4 Å². The van der Waals surface area contributed by atoms with E-state index in [1.807, 2.05) is 0 Å². The number of nitrogens with one attached hydrogen (secondary N) is 3. The van der Waals surface area contributed by atoms with E-state index in [1.54, 1.807) is 23.1 Å². The zero-order valence-corrected chi connectivity index (χ0v) is 20.8. The monoisotopic (exact) mass is 538 g/mol. The second-order valence-corrected chi connectivity index (χ2v) is 9.83. The number of anilines is 2. The van der Waals surface area contributed by atoms with Crippen LogP contribution in [0.3, 0.4) is 0 Å². The summed E-state index contributed by atoms with van der Waals surface area (Å²) in [6.45, 7) is 2.32. The normalized spacial score (nSPS) is 25.1. The molecule has 15 nitrogen and oxygen atoms in total. The van der Waals surface area contributed by atoms with Crippen molar-refractivity contribution in [3.63, 3.8) is 0 Å². The van der Waals surface area contributed by atoms with E-state index in [9.17, 15) is 24.6 Å². The smallest absolute Gasteiger partial charge is 0.279 e. The number of hydrogen-bond donors (Lipinski definition) is 6. The van der Waals surface area contributed by atoms with Gasteiger partial charge in [0.25, 0.3) is 17.7 Å². The van der Waals surface area contributed by atoms with Crippen molar-refractivity contribution in [2.75, 3.05) is 43.8 Å². The number of aliphatic hydroxyl groups excluding tert-OH is 2. The number of amides is 3. The fraction of sp³-hybridized carbons (Fsp3) is 0.417. The Hall–Kier alpha value is -4.18. The van der Waals surface area contributed by atoms with Crippen LogP contribution in [0, 0.1) is 0 Å². The Morgan fingerprint density at radius 1 is 1.18 bits per heavy atom. The van der Waals surface area contributed by atoms with Crippen molar-refractivity contribution in [3.05, 3.63) is 42.0 Å². The minimum absolute atomic E-state index is 0.153. The van der Waals surface area contributed by atoms with Gasteiger partial charge in [0.05, 0.1) is 32.5 Å². The van der Waals surface area contributed by atoms with Gasteiger partial charge in [-0.05, 0) is 12.1 Å². The zero-order chi connectivity index (χ0) is 27.3. The Bertz CT molecular complexity index is 1450. The number of fused-ring (bicyclic) bond motifs is 2. The Morgan fingerprint density at radius 2 is 1.97 bits per heavy atom. The maximum atomic E-state index is 13.2. The van der Waals surface area contributed by atoms with Crippen LogP contribution in [0.2, 0.25) is 0 Å². The van der Waals surface area contributed by atoms with Crippen LogP contribution in [0.4, 0.5) is 11.5 Å². The molecule has 39 heavy (non-hydrogen) atoms. The minimum atomic E-state index is -1.45. The van der Waals surface area contributed by atoms with E-state index in [1.165, 1.54) is 17.2 Å². The van der Waals surface area contributed by atoms with Crippen molar-refractivity contribution >= 4 is 40.4 Å². The highest BCUT2D eigenvalue weighted by Gasteiger charge is 2.49. The number of nitrogen functional groups attached to an aromatic ring is 1. The van der Waals surface area contributed by atoms with Crippen molar-refractivity contribution in [1.82, 2.24) is 29.7 Å². The lowest BCUT2D eigenvalue weighted by Crippen LogP contribution is -3.15. The summed E-state index contributed by atoms with van der Waals surface area (Å²) >= 11 is 0. The van der Waals surface area contributed by atoms with Crippen LogP contribution in [0.1, 0.15) is 22.1 Å². The minimum Gasteiger partial charge on any atom is -0.387 e. The average molecular weight is 539 g/mol. The first-order chi connectivity index (χ1) is 18.8. The summed E-state index contributed by atoms with van der Waals surface area (Å²) < 4.78 is 7.25. The molecule has 0 saturated carbocycles. The summed E-state index contributed by atoms with van der Waals surface area (Å²) in [5.41, 5.74) is 8.41. The first-order valence-corrected chi connectivity index (χ1v) is 12.6. The largest absolute Gasteiger partial charge is 0.387 e. The van der Waals surface area contributed by atoms with Gasteiger partial charge in [-0.2, -0.15) is 0 Å². The molecule has 0 bridgehead atoms. The van der Waals surface area contributed by atoms with Gasteiger partial charge in [0.2, 0.25) is 0 Å². The zero-order valence-electron chi connectivity index (χ0n) is 20.8. The van der Waals surface area contributed by atoms with Gasteiger partial charge in [-0.3, -0.25) is 19.0 Å². The lowest BCUT2D eigenvalue weighted by molar-refractivity contribution is -0.895. The van der Waals surface area contributed by atoms with Gasteiger partial charge in [-0.15, -0.1) is 0 Å². The standard InChI is InChI=1S/C24H27N9O6/c25-20-16-21(28-10-27-20)33(11-29-16)24-18(36)17(35)19(39-24)23(38)32-6-4-31(5-7-32)9-15(34)30-14-3-1-2-12-13(14)8-26-22(12)37/h1-3,10-11,17-19,24,35-36H,4-9H2,(H,26,37)(H,30,34)(H2,25,27,28)/p+1/t17-,18+,19-,24+/m0/s1. The summed E-state index contributed by atoms with van der Waals surface area (Å²) in [4.78, 5) is 52.5. The van der Waals surface area contributed by atoms with E-state index in [-0.39, 0.29) is 24.2 Å². The molecule has 4 atom stereocenters. The molecular formula is C24H28N9O6+. The first kappa shape index (κ1) is 25.1. The van der Waals surface area contributed by atoms with Crippen molar-refractivity contribution in [2.24, 2.45) is 0 Å². The molecule has 3 aromatic rings. The predicted molar refractivity (Wildman–Crippen MR) is 134 cm³/mol. The van der Waals surface area contributed by atoms with E-state index in [0.717, 1.165) is 10.5 Å². The molecule has 2 aromatic heterocycles. The Balaban J connectivity index is 1.05. The summed E-state index contributed by atoms with van der Waals surface area (Å²) in [6.07, 6.45) is -2.59. The third-order valence-electron chi connectivity index (χ3n) is 7.46. The van der Waals surface area contributed by atoms with Crippen molar-refractivity contribution in [3.8, 4) is 0 Å². The molecule has 0 unspecified atom stereocenters. The first-order valence-electron chi connectivity index (χ1n) is 12.6. The molecule has 2 saturated heterocycles. The van der Waals surface area contributed by atoms with Crippen LogP contribution in [-0.4, -0.2) is 103 Å². The van der Waals surface area contributed by atoms with Gasteiger partial charge in [-0.1, -0.05) is 6.07 Å². The van der Waals surface area contributed by atoms with Crippen LogP contribution in [0.15, 0.2) is 30.9 Å². The topological polar surface area (TPSA) is 202 Å². The van der Waals surface area contributed by atoms with Gasteiger partial charge < -0.3 is 41.1 Å². The number of benzene rings is 1. The number of aromatic nitrogens is 4. The van der Waals surface area contributed by atoms with Crippen LogP contribution in [0.5, 0.6) is 0 Å². The SMILES string of the molecule is Nc1ncnc2c1ncn2[C@@H]1O[C@H](C(=O)N2CC[NH+](CC(=O)Nc3cccc4c3CNC4=O)CC2)[C@@H](O)[C@H]1O. The van der Waals surface area contributed by atoms with Gasteiger partial charge >= 0.3 is 0 Å². The molecule has 1 aromatic carbocycles. The number of nitrogens with zero attached hydrogens (tertiary/aromatic N) is 5. The number of carbonyl (C=O) groups is 3. The maximum absolute atomic E-state index is 13.2. The Kier molecular flexibility index (Phi) is 6.34. The second-order valence-electron chi connectivity index (χ2n) is 9.83. The van der Waals surface area contributed by atoms with Gasteiger partial charge in [0.1, 0.15) is 24.1 Å². The van der Waals surface area contributed by atoms with Crippen molar-refractivity contribution in [1.29, 1.82) is 0 Å². The summed E-state index contributed by atoms with van der Waals surface area (Å²) in [6, 6.07) is 5.23. The number of piperazine rings is 1. The van der Waals surface area contributed by atoms with Crippen LogP contribution < -0.4 is 21.3 Å². The highest BCUT2D eigenvalue weighted by atomic mass is 16.6. The van der Waals surface area contributed by atoms with E-state index in [4.69, 9.17) is 10.5 Å². The van der Waals surface area contributed by atoms with Crippen molar-refractivity contribution in [2.45, 2.75) is 31.1 Å². The predicted octanol–water partition coefficient (Wildman–Crippen LogP) is -3.36. The third kappa shape index (κ3) is 4.44. The fourth-order valence-corrected chi connectivity index (χ4v) is 5.34. The average Bonchev–Trinajstić information content (AvgIpc) is 3.61. The number of carbonyl (C=O) groups excluding carboxylic acids is 3. The highest BCUT2D eigenvalue weighted by molar-refractivity contribution is 6.02. The van der Waals surface area contributed by atoms with E-state index < -0.39 is 30.4 Å². The number of rotatable bonds is 5. The molecule has 15 heteroatoms. The number of hydrogen-bond acceptors (Lipinski definition) is 10. The number of ether oxygens (including phenoxy) is 1. The number of imidazole rings is 1. The van der Waals surface area contributed by atoms with Crippen LogP contribution >= 0.6 is 0 Å². The second kappa shape index (κ2) is 9.85. The van der Waals surface area contributed by atoms with E-state index in [0.29, 0.717) is 55.1 Å². The highest BCUT2D eigenvalue weighted by Crippen LogP contribution is 2.33. The molecule has 7 N–H and O–H groups in total. The maximum Gasteiger partial charge on any atom is 0.279 e. The summed E-state index contributed by atoms with van der Waals surface area (Å²) in [5.74, 6) is -0.619. The van der Waals surface area contributed by atoms with Crippen molar-refractivity contribution < 1.29 is 34.2 Å². The number of quaternary nitrogens is 1. The lowest BCUT2D eigenvalue weighted by Gasteiger charge is -2.33. The lowest BCUT2D eigenvalue weighted by atomic mass is 10.1. The number of nitrogens with two attached hydrogens (primary N) is 1. The van der Waals surface area contributed by atoms with Crippen LogP contribution in [-0.2, 0) is 20.9 Å². The molecule has 3 amide bonds. The molecule has 0 aliphatic carbocycles. The molecule has 5 heterocycles. The molecule has 0 radical (unpaired) electrons. The Morgan fingerprint density at radius 3 is 2.77 bits per heavy atom. The summed E-state index contributed by atoms with van der Waals surface area (Å²) in [5, 5.41) is 27.0. The van der Waals surface area contributed by atoms with E-state index >= 15 is 0 Å².